The van der Waals surface area contributed by atoms with Gasteiger partial charge in [-0.1, -0.05) is 26.2 Å². The molecule has 2 unspecified atom stereocenters. The largest absolute Gasteiger partial charge is 0.355 e. The van der Waals surface area contributed by atoms with E-state index in [1.165, 1.54) is 45.2 Å². The zero-order chi connectivity index (χ0) is 16.0. The Bertz CT molecular complexity index is 352. The number of nitrogens with zero attached hydrogens (tertiary/aromatic N) is 1. The lowest BCUT2D eigenvalue weighted by Crippen LogP contribution is -2.47. The standard InChI is InChI=1S/C18H35N3O/c1-15-7-6-10-21(13-15)16(2)12-20-17(22)11-18(14-19)8-4-3-5-9-18/h15-16H,3-14,19H2,1-2H3,(H,20,22). The lowest BCUT2D eigenvalue weighted by atomic mass is 9.71. The maximum Gasteiger partial charge on any atom is 0.220 e. The molecule has 0 bridgehead atoms. The van der Waals surface area contributed by atoms with E-state index < -0.39 is 0 Å². The van der Waals surface area contributed by atoms with Crippen LogP contribution >= 0.6 is 0 Å². The summed E-state index contributed by atoms with van der Waals surface area (Å²) in [7, 11) is 0. The van der Waals surface area contributed by atoms with Gasteiger partial charge >= 0.3 is 0 Å². The number of likely N-dealkylation sites (tertiary alicyclic amines) is 1. The summed E-state index contributed by atoms with van der Waals surface area (Å²) in [6, 6.07) is 0.437. The minimum Gasteiger partial charge on any atom is -0.355 e. The molecular formula is C18H35N3O. The van der Waals surface area contributed by atoms with Gasteiger partial charge in [0.25, 0.3) is 0 Å². The fourth-order valence-corrected chi connectivity index (χ4v) is 4.17. The van der Waals surface area contributed by atoms with Crippen LogP contribution in [0.25, 0.3) is 0 Å². The number of nitrogens with two attached hydrogens (primary N) is 1. The van der Waals surface area contributed by atoms with Crippen molar-refractivity contribution in [2.24, 2.45) is 17.1 Å². The Morgan fingerprint density at radius 2 is 2.05 bits per heavy atom. The van der Waals surface area contributed by atoms with E-state index in [9.17, 15) is 4.79 Å². The predicted molar refractivity (Wildman–Crippen MR) is 91.6 cm³/mol. The SMILES string of the molecule is CC1CCCN(C(C)CNC(=O)CC2(CN)CCCCC2)C1. The van der Waals surface area contributed by atoms with E-state index in [4.69, 9.17) is 5.73 Å². The molecule has 1 aliphatic carbocycles. The van der Waals surface area contributed by atoms with Crippen LogP contribution in [0.4, 0.5) is 0 Å². The van der Waals surface area contributed by atoms with Gasteiger partial charge in [0.05, 0.1) is 0 Å². The average molecular weight is 309 g/mol. The molecule has 0 aromatic carbocycles. The van der Waals surface area contributed by atoms with Crippen LogP contribution in [0, 0.1) is 11.3 Å². The van der Waals surface area contributed by atoms with Crippen molar-refractivity contribution in [2.75, 3.05) is 26.2 Å². The van der Waals surface area contributed by atoms with Gasteiger partial charge in [0, 0.05) is 25.6 Å². The summed E-state index contributed by atoms with van der Waals surface area (Å²) < 4.78 is 0. The van der Waals surface area contributed by atoms with Crippen molar-refractivity contribution in [3.05, 3.63) is 0 Å². The van der Waals surface area contributed by atoms with Crippen LogP contribution in [-0.2, 0) is 4.79 Å². The van der Waals surface area contributed by atoms with Crippen molar-refractivity contribution in [2.45, 2.75) is 71.3 Å². The number of carbonyl (C=O) groups is 1. The van der Waals surface area contributed by atoms with Crippen molar-refractivity contribution < 1.29 is 4.79 Å². The highest BCUT2D eigenvalue weighted by Crippen LogP contribution is 2.38. The second kappa shape index (κ2) is 8.30. The Morgan fingerprint density at radius 3 is 2.68 bits per heavy atom. The van der Waals surface area contributed by atoms with Crippen molar-refractivity contribution in [3.8, 4) is 0 Å². The summed E-state index contributed by atoms with van der Waals surface area (Å²) in [5, 5.41) is 3.16. The summed E-state index contributed by atoms with van der Waals surface area (Å²) in [6.07, 6.45) is 9.25. The monoisotopic (exact) mass is 309 g/mol. The Balaban J connectivity index is 1.74. The number of hydrogen-bond donors (Lipinski definition) is 2. The number of rotatable bonds is 6. The quantitative estimate of drug-likeness (QED) is 0.792. The molecule has 22 heavy (non-hydrogen) atoms. The maximum absolute atomic E-state index is 12.3. The second-order valence-electron chi connectivity index (χ2n) is 7.84. The molecule has 128 valence electrons. The molecule has 1 saturated carbocycles. The van der Waals surface area contributed by atoms with Crippen molar-refractivity contribution in [1.82, 2.24) is 10.2 Å². The highest BCUT2D eigenvalue weighted by Gasteiger charge is 2.33. The first-order valence-electron chi connectivity index (χ1n) is 9.25. The van der Waals surface area contributed by atoms with E-state index in [0.29, 0.717) is 19.0 Å². The Hall–Kier alpha value is -0.610. The fraction of sp³-hybridized carbons (Fsp3) is 0.944. The van der Waals surface area contributed by atoms with Crippen molar-refractivity contribution >= 4 is 5.91 Å². The van der Waals surface area contributed by atoms with E-state index in [0.717, 1.165) is 25.3 Å². The van der Waals surface area contributed by atoms with Crippen molar-refractivity contribution in [3.63, 3.8) is 0 Å². The maximum atomic E-state index is 12.3. The molecule has 1 saturated heterocycles. The van der Waals surface area contributed by atoms with Gasteiger partial charge in [0.1, 0.15) is 0 Å². The Kier molecular flexibility index (Phi) is 6.69. The summed E-state index contributed by atoms with van der Waals surface area (Å²) in [5.74, 6) is 0.985. The van der Waals surface area contributed by atoms with Gasteiger partial charge in [-0.25, -0.2) is 0 Å². The molecule has 4 nitrogen and oxygen atoms in total. The van der Waals surface area contributed by atoms with E-state index in [-0.39, 0.29) is 11.3 Å². The van der Waals surface area contributed by atoms with E-state index in [1.807, 2.05) is 0 Å². The first-order chi connectivity index (χ1) is 10.5. The fourth-order valence-electron chi connectivity index (χ4n) is 4.17. The van der Waals surface area contributed by atoms with Crippen LogP contribution in [0.15, 0.2) is 0 Å². The normalized spacial score (nSPS) is 27.3. The zero-order valence-corrected chi connectivity index (χ0v) is 14.6. The van der Waals surface area contributed by atoms with Gasteiger partial charge < -0.3 is 11.1 Å². The first-order valence-corrected chi connectivity index (χ1v) is 9.25. The first kappa shape index (κ1) is 17.7. The van der Waals surface area contributed by atoms with Gasteiger partial charge in [0.2, 0.25) is 5.91 Å². The lowest BCUT2D eigenvalue weighted by Gasteiger charge is -2.37. The van der Waals surface area contributed by atoms with Gasteiger partial charge in [-0.3, -0.25) is 9.69 Å². The molecule has 0 radical (unpaired) electrons. The molecule has 4 heteroatoms. The third-order valence-corrected chi connectivity index (χ3v) is 5.79. The number of carbonyl (C=O) groups excluding carboxylic acids is 1. The van der Waals surface area contributed by atoms with Gasteiger partial charge in [-0.15, -0.1) is 0 Å². The number of piperidine rings is 1. The summed E-state index contributed by atoms with van der Waals surface area (Å²) in [5.41, 5.74) is 6.06. The summed E-state index contributed by atoms with van der Waals surface area (Å²) in [4.78, 5) is 14.9. The van der Waals surface area contributed by atoms with Gasteiger partial charge in [0.15, 0.2) is 0 Å². The summed E-state index contributed by atoms with van der Waals surface area (Å²) in [6.45, 7) is 8.33. The van der Waals surface area contributed by atoms with Gasteiger partial charge in [-0.2, -0.15) is 0 Å². The Labute approximate surface area is 136 Å². The molecule has 2 aliphatic rings. The lowest BCUT2D eigenvalue weighted by molar-refractivity contribution is -0.124. The summed E-state index contributed by atoms with van der Waals surface area (Å²) >= 11 is 0. The molecular weight excluding hydrogens is 274 g/mol. The van der Waals surface area contributed by atoms with Crippen LogP contribution in [0.1, 0.15) is 65.2 Å². The van der Waals surface area contributed by atoms with Crippen molar-refractivity contribution in [1.29, 1.82) is 0 Å². The van der Waals surface area contributed by atoms with Crippen LogP contribution in [0.3, 0.4) is 0 Å². The molecule has 1 heterocycles. The molecule has 0 spiro atoms. The minimum atomic E-state index is 0.0746. The second-order valence-corrected chi connectivity index (χ2v) is 7.84. The predicted octanol–water partition coefficient (Wildman–Crippen LogP) is 2.52. The molecule has 0 aromatic heterocycles. The number of amides is 1. The smallest absolute Gasteiger partial charge is 0.220 e. The topological polar surface area (TPSA) is 58.4 Å². The molecule has 0 aromatic rings. The van der Waals surface area contributed by atoms with E-state index >= 15 is 0 Å². The third kappa shape index (κ3) is 4.95. The molecule has 2 rings (SSSR count). The van der Waals surface area contributed by atoms with Crippen LogP contribution in [-0.4, -0.2) is 43.0 Å². The molecule has 1 aliphatic heterocycles. The highest BCUT2D eigenvalue weighted by atomic mass is 16.1. The molecule has 2 fully saturated rings. The Morgan fingerprint density at radius 1 is 1.32 bits per heavy atom. The van der Waals surface area contributed by atoms with E-state index in [1.54, 1.807) is 0 Å². The zero-order valence-electron chi connectivity index (χ0n) is 14.6. The third-order valence-electron chi connectivity index (χ3n) is 5.79. The molecule has 3 N–H and O–H groups in total. The van der Waals surface area contributed by atoms with Crippen LogP contribution < -0.4 is 11.1 Å². The minimum absolute atomic E-state index is 0.0746. The van der Waals surface area contributed by atoms with Gasteiger partial charge in [-0.05, 0) is 57.0 Å². The van der Waals surface area contributed by atoms with Crippen LogP contribution in [0.5, 0.6) is 0 Å². The molecule has 2 atom stereocenters. The van der Waals surface area contributed by atoms with E-state index in [2.05, 4.69) is 24.1 Å². The average Bonchev–Trinajstić information content (AvgIpc) is 2.53. The number of nitrogens with one attached hydrogen (secondary N) is 1. The highest BCUT2D eigenvalue weighted by molar-refractivity contribution is 5.76. The number of hydrogen-bond acceptors (Lipinski definition) is 3. The molecule has 1 amide bonds. The van der Waals surface area contributed by atoms with Crippen LogP contribution in [0.2, 0.25) is 0 Å².